The zero-order valence-electron chi connectivity index (χ0n) is 15.7. The lowest BCUT2D eigenvalue weighted by Gasteiger charge is -2.34. The molecule has 1 aliphatic carbocycles. The number of furan rings is 1. The molecule has 4 rings (SSSR count). The van der Waals surface area contributed by atoms with E-state index in [-0.39, 0.29) is 17.4 Å². The zero-order chi connectivity index (χ0) is 19.8. The molecule has 0 radical (unpaired) electrons. The number of nitrogens with zero attached hydrogens (tertiary/aromatic N) is 1. The first-order chi connectivity index (χ1) is 13.5. The van der Waals surface area contributed by atoms with Crippen molar-refractivity contribution in [2.75, 3.05) is 0 Å². The van der Waals surface area contributed by atoms with E-state index < -0.39 is 17.7 Å². The summed E-state index contributed by atoms with van der Waals surface area (Å²) in [6.07, 6.45) is 4.87. The minimum Gasteiger partial charge on any atom is -0.507 e. The molecule has 1 aliphatic heterocycles. The first-order valence-electron chi connectivity index (χ1n) is 9.59. The van der Waals surface area contributed by atoms with Crippen LogP contribution >= 0.6 is 11.6 Å². The van der Waals surface area contributed by atoms with E-state index in [1.54, 1.807) is 41.3 Å². The van der Waals surface area contributed by atoms with Gasteiger partial charge in [0, 0.05) is 16.6 Å². The van der Waals surface area contributed by atoms with Crippen LogP contribution in [0.2, 0.25) is 5.02 Å². The summed E-state index contributed by atoms with van der Waals surface area (Å²) in [7, 11) is 0. The van der Waals surface area contributed by atoms with Crippen LogP contribution < -0.4 is 0 Å². The predicted octanol–water partition coefficient (Wildman–Crippen LogP) is 5.00. The van der Waals surface area contributed by atoms with Crippen LogP contribution in [0.3, 0.4) is 0 Å². The molecule has 1 amide bonds. The number of ketones is 1. The van der Waals surface area contributed by atoms with E-state index in [2.05, 4.69) is 0 Å². The molecule has 28 heavy (non-hydrogen) atoms. The number of carbonyl (C=O) groups is 2. The second-order valence-electron chi connectivity index (χ2n) is 7.46. The third kappa shape index (κ3) is 3.24. The van der Waals surface area contributed by atoms with E-state index in [9.17, 15) is 14.7 Å². The lowest BCUT2D eigenvalue weighted by molar-refractivity contribution is -0.142. The molecule has 1 aromatic heterocycles. The third-order valence-electron chi connectivity index (χ3n) is 5.58. The van der Waals surface area contributed by atoms with Gasteiger partial charge >= 0.3 is 0 Å². The van der Waals surface area contributed by atoms with E-state index in [0.29, 0.717) is 22.1 Å². The maximum atomic E-state index is 13.0. The SMILES string of the molecule is Cc1ccc(C2/C(=C(/O)c3cccc(Cl)c3)C(=O)C(=O)N2C2CCCCC2)o1. The van der Waals surface area contributed by atoms with Crippen molar-refractivity contribution in [1.29, 1.82) is 0 Å². The second-order valence-corrected chi connectivity index (χ2v) is 7.89. The molecule has 1 N–H and O–H groups in total. The van der Waals surface area contributed by atoms with Gasteiger partial charge in [-0.15, -0.1) is 0 Å². The van der Waals surface area contributed by atoms with Crippen LogP contribution in [0.25, 0.3) is 5.76 Å². The normalized spacial score (nSPS) is 22.8. The molecule has 1 unspecified atom stereocenters. The largest absolute Gasteiger partial charge is 0.507 e. The molecule has 2 fully saturated rings. The highest BCUT2D eigenvalue weighted by Gasteiger charge is 2.50. The third-order valence-corrected chi connectivity index (χ3v) is 5.81. The van der Waals surface area contributed by atoms with Crippen molar-refractivity contribution in [3.63, 3.8) is 0 Å². The fourth-order valence-electron chi connectivity index (χ4n) is 4.26. The molecule has 1 aromatic carbocycles. The van der Waals surface area contributed by atoms with E-state index >= 15 is 0 Å². The lowest BCUT2D eigenvalue weighted by atomic mass is 9.92. The standard InChI is InChI=1S/C22H22ClNO4/c1-13-10-11-17(28-13)19-18(20(25)14-6-5-7-15(23)12-14)21(26)22(27)24(19)16-8-3-2-4-9-16/h5-7,10-12,16,19,25H,2-4,8-9H2,1H3/b20-18-. The molecular weight excluding hydrogens is 378 g/mol. The smallest absolute Gasteiger partial charge is 0.296 e. The van der Waals surface area contributed by atoms with Crippen LogP contribution in [0.1, 0.15) is 55.2 Å². The van der Waals surface area contributed by atoms with Crippen molar-refractivity contribution in [3.05, 3.63) is 64.1 Å². The van der Waals surface area contributed by atoms with Crippen LogP contribution in [-0.4, -0.2) is 27.7 Å². The summed E-state index contributed by atoms with van der Waals surface area (Å²) in [5.41, 5.74) is 0.467. The summed E-state index contributed by atoms with van der Waals surface area (Å²) in [4.78, 5) is 27.6. The summed E-state index contributed by atoms with van der Waals surface area (Å²) in [6, 6.07) is 9.44. The van der Waals surface area contributed by atoms with Gasteiger partial charge in [0.1, 0.15) is 23.3 Å². The molecule has 5 nitrogen and oxygen atoms in total. The molecule has 1 atom stereocenters. The molecule has 1 saturated heterocycles. The first-order valence-corrected chi connectivity index (χ1v) is 9.97. The quantitative estimate of drug-likeness (QED) is 0.448. The number of hydrogen-bond donors (Lipinski definition) is 1. The number of benzene rings is 1. The number of amides is 1. The van der Waals surface area contributed by atoms with Crippen LogP contribution in [0.4, 0.5) is 0 Å². The Balaban J connectivity index is 1.87. The molecular formula is C22H22ClNO4. The molecule has 146 valence electrons. The second kappa shape index (κ2) is 7.47. The summed E-state index contributed by atoms with van der Waals surface area (Å²) in [5.74, 6) is -0.298. The Morgan fingerprint density at radius 1 is 1.14 bits per heavy atom. The summed E-state index contributed by atoms with van der Waals surface area (Å²) < 4.78 is 5.81. The first kappa shape index (κ1) is 18.8. The van der Waals surface area contributed by atoms with Crippen LogP contribution in [0.15, 0.2) is 46.4 Å². The van der Waals surface area contributed by atoms with Crippen molar-refractivity contribution in [3.8, 4) is 0 Å². The molecule has 0 spiro atoms. The Morgan fingerprint density at radius 3 is 2.54 bits per heavy atom. The van der Waals surface area contributed by atoms with Crippen LogP contribution in [0.5, 0.6) is 0 Å². The Bertz CT molecular complexity index is 955. The zero-order valence-corrected chi connectivity index (χ0v) is 16.4. The maximum absolute atomic E-state index is 13.0. The number of aliphatic hydroxyl groups excluding tert-OH is 1. The monoisotopic (exact) mass is 399 g/mol. The minimum absolute atomic E-state index is 0.0368. The Labute approximate surface area is 168 Å². The number of aryl methyl sites for hydroxylation is 1. The van der Waals surface area contributed by atoms with Crippen molar-refractivity contribution in [1.82, 2.24) is 4.90 Å². The van der Waals surface area contributed by atoms with Gasteiger partial charge in [-0.25, -0.2) is 0 Å². The van der Waals surface area contributed by atoms with Gasteiger partial charge in [-0.05, 0) is 44.0 Å². The van der Waals surface area contributed by atoms with Crippen LogP contribution in [-0.2, 0) is 9.59 Å². The Morgan fingerprint density at radius 2 is 1.89 bits per heavy atom. The number of carbonyl (C=O) groups excluding carboxylic acids is 2. The number of halogens is 1. The van der Waals surface area contributed by atoms with Gasteiger partial charge in [0.2, 0.25) is 0 Å². The van der Waals surface area contributed by atoms with Crippen LogP contribution in [0, 0.1) is 6.92 Å². The predicted molar refractivity (Wildman–Crippen MR) is 106 cm³/mol. The number of aliphatic hydroxyl groups is 1. The molecule has 1 saturated carbocycles. The molecule has 0 bridgehead atoms. The van der Waals surface area contributed by atoms with Gasteiger partial charge in [-0.3, -0.25) is 9.59 Å². The summed E-state index contributed by atoms with van der Waals surface area (Å²) >= 11 is 6.05. The van der Waals surface area contributed by atoms with Crippen molar-refractivity contribution >= 4 is 29.1 Å². The molecule has 2 aromatic rings. The topological polar surface area (TPSA) is 70.8 Å². The van der Waals surface area contributed by atoms with Crippen molar-refractivity contribution in [2.45, 2.75) is 51.1 Å². The van der Waals surface area contributed by atoms with Crippen molar-refractivity contribution in [2.24, 2.45) is 0 Å². The van der Waals surface area contributed by atoms with Gasteiger partial charge in [-0.2, -0.15) is 0 Å². The lowest BCUT2D eigenvalue weighted by Crippen LogP contribution is -2.40. The molecule has 2 heterocycles. The van der Waals surface area contributed by atoms with E-state index in [1.807, 2.05) is 6.92 Å². The summed E-state index contributed by atoms with van der Waals surface area (Å²) in [6.45, 7) is 1.81. The number of hydrogen-bond acceptors (Lipinski definition) is 4. The van der Waals surface area contributed by atoms with E-state index in [0.717, 1.165) is 32.1 Å². The maximum Gasteiger partial charge on any atom is 0.296 e. The molecule has 6 heteroatoms. The highest BCUT2D eigenvalue weighted by atomic mass is 35.5. The number of Topliss-reactive ketones (excluding diaryl/α,β-unsaturated/α-hetero) is 1. The van der Waals surface area contributed by atoms with Gasteiger partial charge in [-0.1, -0.05) is 43.0 Å². The summed E-state index contributed by atoms with van der Waals surface area (Å²) in [5, 5.41) is 11.4. The number of rotatable bonds is 3. The highest BCUT2D eigenvalue weighted by Crippen LogP contribution is 2.43. The Hall–Kier alpha value is -2.53. The highest BCUT2D eigenvalue weighted by molar-refractivity contribution is 6.46. The van der Waals surface area contributed by atoms with Gasteiger partial charge in [0.05, 0.1) is 5.57 Å². The Kier molecular flexibility index (Phi) is 5.02. The average Bonchev–Trinajstić information content (AvgIpc) is 3.23. The number of likely N-dealkylation sites (tertiary alicyclic amines) is 1. The van der Waals surface area contributed by atoms with E-state index in [4.69, 9.17) is 16.0 Å². The van der Waals surface area contributed by atoms with Gasteiger partial charge in [0.25, 0.3) is 11.7 Å². The minimum atomic E-state index is -0.726. The fourth-order valence-corrected chi connectivity index (χ4v) is 4.45. The van der Waals surface area contributed by atoms with E-state index in [1.165, 1.54) is 0 Å². The van der Waals surface area contributed by atoms with Crippen molar-refractivity contribution < 1.29 is 19.1 Å². The average molecular weight is 400 g/mol. The van der Waals surface area contributed by atoms with Gasteiger partial charge < -0.3 is 14.4 Å². The van der Waals surface area contributed by atoms with Gasteiger partial charge in [0.15, 0.2) is 0 Å². The molecule has 2 aliphatic rings. The fraction of sp³-hybridized carbons (Fsp3) is 0.364.